The van der Waals surface area contributed by atoms with Crippen LogP contribution >= 0.6 is 0 Å². The first-order valence-corrected chi connectivity index (χ1v) is 4.16. The predicted octanol–water partition coefficient (Wildman–Crippen LogP) is 0.372. The Morgan fingerprint density at radius 2 is 2.29 bits per heavy atom. The Morgan fingerprint density at radius 1 is 1.64 bits per heavy atom. The van der Waals surface area contributed by atoms with E-state index in [2.05, 4.69) is 10.3 Å². The maximum Gasteiger partial charge on any atom is 0.358 e. The van der Waals surface area contributed by atoms with Crippen molar-refractivity contribution >= 4 is 12.3 Å². The van der Waals surface area contributed by atoms with Gasteiger partial charge in [-0.15, -0.1) is 5.10 Å². The van der Waals surface area contributed by atoms with E-state index >= 15 is 0 Å². The van der Waals surface area contributed by atoms with Gasteiger partial charge in [-0.2, -0.15) is 0 Å². The van der Waals surface area contributed by atoms with Gasteiger partial charge in [-0.05, 0) is 5.92 Å². The van der Waals surface area contributed by atoms with E-state index in [1.807, 2.05) is 13.8 Å². The van der Waals surface area contributed by atoms with E-state index in [0.717, 1.165) is 6.29 Å². The average Bonchev–Trinajstić information content (AvgIpc) is 2.53. The summed E-state index contributed by atoms with van der Waals surface area (Å²) in [4.78, 5) is 21.2. The highest BCUT2D eigenvalue weighted by Crippen LogP contribution is 2.13. The van der Waals surface area contributed by atoms with E-state index in [9.17, 15) is 9.59 Å². The fourth-order valence-corrected chi connectivity index (χ4v) is 1.05. The van der Waals surface area contributed by atoms with Crippen molar-refractivity contribution in [2.45, 2.75) is 19.9 Å². The lowest BCUT2D eigenvalue weighted by Gasteiger charge is -2.12. The third-order valence-electron chi connectivity index (χ3n) is 1.86. The van der Waals surface area contributed by atoms with Crippen LogP contribution in [0.5, 0.6) is 0 Å². The third kappa shape index (κ3) is 1.95. The molecule has 0 aliphatic rings. The van der Waals surface area contributed by atoms with Crippen LogP contribution in [-0.4, -0.2) is 32.4 Å². The minimum absolute atomic E-state index is 0.0517. The average molecular weight is 197 g/mol. The van der Waals surface area contributed by atoms with Crippen LogP contribution in [-0.2, 0) is 4.79 Å². The lowest BCUT2D eigenvalue weighted by atomic mass is 10.1. The second-order valence-corrected chi connectivity index (χ2v) is 3.26. The molecule has 0 amide bonds. The molecule has 1 atom stereocenters. The van der Waals surface area contributed by atoms with Crippen LogP contribution in [0.1, 0.15) is 30.4 Å². The predicted molar refractivity (Wildman–Crippen MR) is 46.9 cm³/mol. The number of hydrogen-bond acceptors (Lipinski definition) is 4. The fourth-order valence-electron chi connectivity index (χ4n) is 1.05. The number of carbonyl (C=O) groups is 2. The molecule has 0 aliphatic heterocycles. The Hall–Kier alpha value is -1.72. The van der Waals surface area contributed by atoms with Gasteiger partial charge >= 0.3 is 5.97 Å². The molecule has 0 radical (unpaired) electrons. The summed E-state index contributed by atoms with van der Waals surface area (Å²) in [6.07, 6.45) is 1.98. The first-order valence-electron chi connectivity index (χ1n) is 4.16. The van der Waals surface area contributed by atoms with Gasteiger partial charge in [0.05, 0.1) is 6.20 Å². The first-order chi connectivity index (χ1) is 6.56. The summed E-state index contributed by atoms with van der Waals surface area (Å²) in [6.45, 7) is 3.70. The van der Waals surface area contributed by atoms with E-state index in [-0.39, 0.29) is 11.6 Å². The van der Waals surface area contributed by atoms with Gasteiger partial charge in [-0.3, -0.25) is 0 Å². The van der Waals surface area contributed by atoms with E-state index in [0.29, 0.717) is 0 Å². The number of aromatic carboxylic acids is 1. The molecule has 1 rings (SSSR count). The maximum absolute atomic E-state index is 10.7. The van der Waals surface area contributed by atoms with Crippen LogP contribution in [0, 0.1) is 5.92 Å². The largest absolute Gasteiger partial charge is 0.476 e. The molecular formula is C8H11N3O3. The lowest BCUT2D eigenvalue weighted by molar-refractivity contribution is -0.111. The fraction of sp³-hybridized carbons (Fsp3) is 0.500. The molecule has 1 aromatic rings. The number of carbonyl (C=O) groups excluding carboxylic acids is 1. The molecule has 14 heavy (non-hydrogen) atoms. The van der Waals surface area contributed by atoms with Crippen molar-refractivity contribution in [2.75, 3.05) is 0 Å². The standard InChI is InChI=1S/C8H11N3O3/c1-5(2)7(4-12)11-3-6(8(13)14)9-10-11/h3-5,7H,1-2H3,(H,13,14). The normalized spacial score (nSPS) is 12.8. The monoisotopic (exact) mass is 197 g/mol. The zero-order valence-electron chi connectivity index (χ0n) is 7.91. The van der Waals surface area contributed by atoms with Crippen molar-refractivity contribution in [3.63, 3.8) is 0 Å². The summed E-state index contributed by atoms with van der Waals surface area (Å²) in [5.74, 6) is -1.10. The van der Waals surface area contributed by atoms with Crippen LogP contribution in [0.15, 0.2) is 6.20 Å². The summed E-state index contributed by atoms with van der Waals surface area (Å²) in [5.41, 5.74) is -0.155. The molecule has 0 aromatic carbocycles. The summed E-state index contributed by atoms with van der Waals surface area (Å²) in [6, 6.07) is -0.462. The molecule has 1 unspecified atom stereocenters. The minimum atomic E-state index is -1.15. The van der Waals surface area contributed by atoms with Crippen molar-refractivity contribution in [3.8, 4) is 0 Å². The zero-order chi connectivity index (χ0) is 10.7. The van der Waals surface area contributed by atoms with E-state index < -0.39 is 12.0 Å². The maximum atomic E-state index is 10.7. The van der Waals surface area contributed by atoms with Gasteiger partial charge in [0.1, 0.15) is 12.3 Å². The molecule has 6 heteroatoms. The van der Waals surface area contributed by atoms with Crippen molar-refractivity contribution in [1.29, 1.82) is 0 Å². The molecule has 1 N–H and O–H groups in total. The molecule has 1 heterocycles. The van der Waals surface area contributed by atoms with Crippen molar-refractivity contribution in [1.82, 2.24) is 15.0 Å². The van der Waals surface area contributed by atoms with Crippen LogP contribution in [0.4, 0.5) is 0 Å². The Labute approximate surface area is 80.5 Å². The molecule has 1 aromatic heterocycles. The van der Waals surface area contributed by atoms with Gasteiger partial charge < -0.3 is 9.90 Å². The first kappa shape index (κ1) is 10.4. The molecule has 0 saturated heterocycles. The van der Waals surface area contributed by atoms with Crippen molar-refractivity contribution in [3.05, 3.63) is 11.9 Å². The Kier molecular flexibility index (Phi) is 2.95. The van der Waals surface area contributed by atoms with E-state index in [1.165, 1.54) is 10.9 Å². The van der Waals surface area contributed by atoms with Crippen molar-refractivity contribution in [2.24, 2.45) is 5.92 Å². The van der Waals surface area contributed by atoms with E-state index in [4.69, 9.17) is 5.11 Å². The number of hydrogen-bond donors (Lipinski definition) is 1. The minimum Gasteiger partial charge on any atom is -0.476 e. The van der Waals surface area contributed by atoms with Gasteiger partial charge in [-0.25, -0.2) is 9.48 Å². The number of carboxylic acid groups (broad SMARTS) is 1. The third-order valence-corrected chi connectivity index (χ3v) is 1.86. The van der Waals surface area contributed by atoms with Crippen LogP contribution in [0.25, 0.3) is 0 Å². The molecule has 0 bridgehead atoms. The highest BCUT2D eigenvalue weighted by atomic mass is 16.4. The van der Waals surface area contributed by atoms with Gasteiger partial charge in [-0.1, -0.05) is 19.1 Å². The molecule has 0 spiro atoms. The molecule has 6 nitrogen and oxygen atoms in total. The smallest absolute Gasteiger partial charge is 0.358 e. The van der Waals surface area contributed by atoms with Gasteiger partial charge in [0.15, 0.2) is 5.69 Å². The van der Waals surface area contributed by atoms with Gasteiger partial charge in [0.25, 0.3) is 0 Å². The summed E-state index contributed by atoms with van der Waals surface area (Å²) >= 11 is 0. The molecule has 0 aliphatic carbocycles. The molecule has 0 saturated carbocycles. The number of aromatic nitrogens is 3. The molecule has 0 fully saturated rings. The Bertz CT molecular complexity index is 345. The number of nitrogens with zero attached hydrogens (tertiary/aromatic N) is 3. The highest BCUT2D eigenvalue weighted by Gasteiger charge is 2.18. The van der Waals surface area contributed by atoms with Crippen LogP contribution in [0.2, 0.25) is 0 Å². The topological polar surface area (TPSA) is 85.1 Å². The van der Waals surface area contributed by atoms with Crippen LogP contribution < -0.4 is 0 Å². The second-order valence-electron chi connectivity index (χ2n) is 3.26. The van der Waals surface area contributed by atoms with Crippen molar-refractivity contribution < 1.29 is 14.7 Å². The molecule has 76 valence electrons. The summed E-state index contributed by atoms with van der Waals surface area (Å²) in [5, 5.41) is 15.6. The lowest BCUT2D eigenvalue weighted by Crippen LogP contribution is -2.17. The summed E-state index contributed by atoms with van der Waals surface area (Å²) < 4.78 is 1.26. The number of carboxylic acids is 1. The van der Waals surface area contributed by atoms with Gasteiger partial charge in [0, 0.05) is 0 Å². The number of aldehydes is 1. The van der Waals surface area contributed by atoms with Crippen LogP contribution in [0.3, 0.4) is 0 Å². The van der Waals surface area contributed by atoms with Gasteiger partial charge in [0.2, 0.25) is 0 Å². The Morgan fingerprint density at radius 3 is 2.64 bits per heavy atom. The summed E-state index contributed by atoms with van der Waals surface area (Å²) in [7, 11) is 0. The Balaban J connectivity index is 2.95. The number of rotatable bonds is 4. The quantitative estimate of drug-likeness (QED) is 0.705. The SMILES string of the molecule is CC(C)C(C=O)n1cc(C(=O)O)nn1. The second kappa shape index (κ2) is 3.99. The van der Waals surface area contributed by atoms with E-state index in [1.54, 1.807) is 0 Å². The highest BCUT2D eigenvalue weighted by molar-refractivity contribution is 5.84. The zero-order valence-corrected chi connectivity index (χ0v) is 7.91. The molecular weight excluding hydrogens is 186 g/mol.